The van der Waals surface area contributed by atoms with Gasteiger partial charge in [0.15, 0.2) is 0 Å². The van der Waals surface area contributed by atoms with Crippen LogP contribution >= 0.6 is 0 Å². The molecule has 0 N–H and O–H groups in total. The third-order valence-corrected chi connectivity index (χ3v) is 5.20. The lowest BCUT2D eigenvalue weighted by molar-refractivity contribution is -0.169. The molecule has 4 heteroatoms. The zero-order valence-electron chi connectivity index (χ0n) is 18.3. The lowest BCUT2D eigenvalue weighted by Crippen LogP contribution is -2.43. The van der Waals surface area contributed by atoms with Crippen molar-refractivity contribution in [2.75, 3.05) is 32.8 Å². The molecule has 0 aromatic heterocycles. The Balaban J connectivity index is 2.37. The molecule has 2 aromatic rings. The molecule has 0 heterocycles. The Labute approximate surface area is 175 Å². The molecule has 158 valence electrons. The molecule has 4 nitrogen and oxygen atoms in total. The van der Waals surface area contributed by atoms with Crippen LogP contribution in [0.1, 0.15) is 45.2 Å². The third kappa shape index (κ3) is 6.15. The van der Waals surface area contributed by atoms with Gasteiger partial charge in [-0.15, -0.1) is 0 Å². The highest BCUT2D eigenvalue weighted by Gasteiger charge is 2.45. The van der Waals surface area contributed by atoms with Gasteiger partial charge in [-0.05, 0) is 36.6 Å². The van der Waals surface area contributed by atoms with E-state index in [1.54, 1.807) is 0 Å². The van der Waals surface area contributed by atoms with Crippen molar-refractivity contribution in [3.63, 3.8) is 0 Å². The van der Waals surface area contributed by atoms with Crippen molar-refractivity contribution in [3.05, 3.63) is 71.8 Å². The number of carbonyl (C=O) groups is 1. The number of nitrogens with zero attached hydrogens (tertiary/aromatic N) is 1. The van der Waals surface area contributed by atoms with Crippen LogP contribution in [0, 0.1) is 5.92 Å². The molecule has 0 bridgehead atoms. The van der Waals surface area contributed by atoms with Crippen LogP contribution < -0.4 is 0 Å². The highest BCUT2D eigenvalue weighted by atomic mass is 16.6. The number of benzene rings is 2. The van der Waals surface area contributed by atoms with Crippen molar-refractivity contribution in [3.8, 4) is 0 Å². The Morgan fingerprint density at radius 3 is 1.86 bits per heavy atom. The maximum absolute atomic E-state index is 13.5. The molecule has 0 aliphatic rings. The number of ether oxygens (including phenoxy) is 2. The number of rotatable bonds is 12. The normalized spacial score (nSPS) is 11.8. The van der Waals surface area contributed by atoms with E-state index in [9.17, 15) is 4.79 Å². The SMILES string of the molecule is CCN(CC)CCOC(=O)C(OCCC(C)C)(c1ccccc1)c1ccccc1. The fourth-order valence-corrected chi connectivity index (χ4v) is 3.33. The summed E-state index contributed by atoms with van der Waals surface area (Å²) in [4.78, 5) is 15.8. The summed E-state index contributed by atoms with van der Waals surface area (Å²) >= 11 is 0. The second kappa shape index (κ2) is 11.7. The number of hydrogen-bond acceptors (Lipinski definition) is 4. The zero-order chi connectivity index (χ0) is 21.1. The molecule has 0 amide bonds. The largest absolute Gasteiger partial charge is 0.462 e. The van der Waals surface area contributed by atoms with Crippen molar-refractivity contribution < 1.29 is 14.3 Å². The van der Waals surface area contributed by atoms with Crippen molar-refractivity contribution in [1.29, 1.82) is 0 Å². The fourth-order valence-electron chi connectivity index (χ4n) is 3.33. The van der Waals surface area contributed by atoms with Gasteiger partial charge in [0.05, 0.1) is 0 Å². The molecular formula is C25H35NO3. The number of hydrogen-bond donors (Lipinski definition) is 0. The average Bonchev–Trinajstić information content (AvgIpc) is 2.75. The van der Waals surface area contributed by atoms with Gasteiger partial charge in [0.2, 0.25) is 5.60 Å². The van der Waals surface area contributed by atoms with E-state index in [4.69, 9.17) is 9.47 Å². The van der Waals surface area contributed by atoms with Gasteiger partial charge in [-0.2, -0.15) is 0 Å². The van der Waals surface area contributed by atoms with Crippen LogP contribution in [0.25, 0.3) is 0 Å². The lowest BCUT2D eigenvalue weighted by atomic mass is 9.86. The number of likely N-dealkylation sites (N-methyl/N-ethyl adjacent to an activating group) is 1. The first kappa shape index (κ1) is 23.1. The molecule has 29 heavy (non-hydrogen) atoms. The Morgan fingerprint density at radius 2 is 1.41 bits per heavy atom. The zero-order valence-corrected chi connectivity index (χ0v) is 18.3. The van der Waals surface area contributed by atoms with E-state index < -0.39 is 5.60 Å². The smallest absolute Gasteiger partial charge is 0.347 e. The van der Waals surface area contributed by atoms with Crippen molar-refractivity contribution in [2.24, 2.45) is 5.92 Å². The molecule has 0 atom stereocenters. The summed E-state index contributed by atoms with van der Waals surface area (Å²) in [5.41, 5.74) is 0.325. The summed E-state index contributed by atoms with van der Waals surface area (Å²) in [6, 6.07) is 19.4. The maximum atomic E-state index is 13.5. The van der Waals surface area contributed by atoms with E-state index in [1.807, 2.05) is 60.7 Å². The minimum absolute atomic E-state index is 0.343. The Bertz CT molecular complexity index is 672. The lowest BCUT2D eigenvalue weighted by Gasteiger charge is -2.33. The molecule has 0 unspecified atom stereocenters. The van der Waals surface area contributed by atoms with E-state index in [2.05, 4.69) is 32.6 Å². The van der Waals surface area contributed by atoms with E-state index in [0.29, 0.717) is 25.7 Å². The van der Waals surface area contributed by atoms with Crippen LogP contribution in [0.5, 0.6) is 0 Å². The minimum Gasteiger partial charge on any atom is -0.462 e. The van der Waals surface area contributed by atoms with Crippen LogP contribution in [0.2, 0.25) is 0 Å². The van der Waals surface area contributed by atoms with Crippen LogP contribution in [0.4, 0.5) is 0 Å². The minimum atomic E-state index is -1.26. The van der Waals surface area contributed by atoms with E-state index in [1.165, 1.54) is 0 Å². The van der Waals surface area contributed by atoms with Gasteiger partial charge in [0.25, 0.3) is 0 Å². The highest BCUT2D eigenvalue weighted by Crippen LogP contribution is 2.35. The van der Waals surface area contributed by atoms with Gasteiger partial charge in [0.1, 0.15) is 6.61 Å². The highest BCUT2D eigenvalue weighted by molar-refractivity contribution is 5.85. The first-order valence-electron chi connectivity index (χ1n) is 10.7. The summed E-state index contributed by atoms with van der Waals surface area (Å²) in [6.07, 6.45) is 0.869. The van der Waals surface area contributed by atoms with Gasteiger partial charge >= 0.3 is 5.97 Å². The van der Waals surface area contributed by atoms with Crippen molar-refractivity contribution in [1.82, 2.24) is 4.90 Å². The van der Waals surface area contributed by atoms with Gasteiger partial charge in [-0.1, -0.05) is 88.4 Å². The van der Waals surface area contributed by atoms with Gasteiger partial charge in [0, 0.05) is 13.2 Å². The molecule has 0 fully saturated rings. The van der Waals surface area contributed by atoms with E-state index in [-0.39, 0.29) is 5.97 Å². The Hall–Kier alpha value is -2.17. The number of esters is 1. The summed E-state index contributed by atoms with van der Waals surface area (Å²) in [5.74, 6) is 0.128. The Morgan fingerprint density at radius 1 is 0.897 bits per heavy atom. The number of carbonyl (C=O) groups excluding carboxylic acids is 1. The average molecular weight is 398 g/mol. The van der Waals surface area contributed by atoms with E-state index in [0.717, 1.165) is 30.6 Å². The standard InChI is InChI=1S/C25H35NO3/c1-5-26(6-2)18-20-28-24(27)25(29-19-17-21(3)4,22-13-9-7-10-14-22)23-15-11-8-12-16-23/h7-16,21H,5-6,17-20H2,1-4H3. The molecule has 2 aromatic carbocycles. The molecule has 0 saturated carbocycles. The van der Waals surface area contributed by atoms with Crippen LogP contribution in [-0.2, 0) is 19.9 Å². The van der Waals surface area contributed by atoms with Crippen molar-refractivity contribution in [2.45, 2.75) is 39.7 Å². The van der Waals surface area contributed by atoms with Gasteiger partial charge < -0.3 is 14.4 Å². The van der Waals surface area contributed by atoms with Crippen LogP contribution in [0.15, 0.2) is 60.7 Å². The molecule has 2 rings (SSSR count). The molecule has 0 radical (unpaired) electrons. The van der Waals surface area contributed by atoms with Crippen LogP contribution in [-0.4, -0.2) is 43.7 Å². The topological polar surface area (TPSA) is 38.8 Å². The van der Waals surface area contributed by atoms with Crippen molar-refractivity contribution >= 4 is 5.97 Å². The summed E-state index contributed by atoms with van der Waals surface area (Å²) in [7, 11) is 0. The molecule has 0 saturated heterocycles. The fraction of sp³-hybridized carbons (Fsp3) is 0.480. The summed E-state index contributed by atoms with van der Waals surface area (Å²) < 4.78 is 12.2. The molecule has 0 aliphatic heterocycles. The van der Waals surface area contributed by atoms with E-state index >= 15 is 0 Å². The molecule has 0 aliphatic carbocycles. The van der Waals surface area contributed by atoms with Crippen LogP contribution in [0.3, 0.4) is 0 Å². The first-order chi connectivity index (χ1) is 14.0. The second-order valence-electron chi connectivity index (χ2n) is 7.61. The quantitative estimate of drug-likeness (QED) is 0.479. The predicted octanol–water partition coefficient (Wildman–Crippen LogP) is 4.88. The second-order valence-corrected chi connectivity index (χ2v) is 7.61. The molecule has 0 spiro atoms. The first-order valence-corrected chi connectivity index (χ1v) is 10.7. The third-order valence-electron chi connectivity index (χ3n) is 5.20. The monoisotopic (exact) mass is 397 g/mol. The van der Waals surface area contributed by atoms with Gasteiger partial charge in [-0.3, -0.25) is 0 Å². The Kier molecular flexibility index (Phi) is 9.36. The summed E-state index contributed by atoms with van der Waals surface area (Å²) in [6.45, 7) is 11.9. The maximum Gasteiger partial charge on any atom is 0.347 e. The summed E-state index contributed by atoms with van der Waals surface area (Å²) in [5, 5.41) is 0. The predicted molar refractivity (Wildman–Crippen MR) is 118 cm³/mol. The van der Waals surface area contributed by atoms with Gasteiger partial charge in [-0.25, -0.2) is 4.79 Å². The molecular weight excluding hydrogens is 362 g/mol.